The smallest absolute Gasteiger partial charge is 0.129 e. The molecule has 0 rings (SSSR count). The molecule has 0 aromatic rings. The molecule has 0 aliphatic carbocycles. The Morgan fingerprint density at radius 1 is 1.12 bits per heavy atom. The lowest BCUT2D eigenvalue weighted by atomic mass is 10.3. The van der Waals surface area contributed by atoms with E-state index in [1.165, 1.54) is 0 Å². The lowest BCUT2D eigenvalue weighted by Gasteiger charge is -2.04. The zero-order chi connectivity index (χ0) is 12.3. The predicted octanol–water partition coefficient (Wildman–Crippen LogP) is 2.87. The van der Waals surface area contributed by atoms with Crippen LogP contribution in [0.25, 0.3) is 0 Å². The Morgan fingerprint density at radius 2 is 1.81 bits per heavy atom. The van der Waals surface area contributed by atoms with Crippen molar-refractivity contribution in [1.82, 2.24) is 0 Å². The Bertz CT molecular complexity index is 233. The molecule has 92 valence electrons. The number of ether oxygens (including phenoxy) is 2. The van der Waals surface area contributed by atoms with E-state index in [4.69, 9.17) is 9.47 Å². The first kappa shape index (κ1) is 15.4. The third kappa shape index (κ3) is 13.4. The topological polar surface area (TPSA) is 18.5 Å². The summed E-state index contributed by atoms with van der Waals surface area (Å²) < 4.78 is 10.6. The minimum atomic E-state index is -1.18. The van der Waals surface area contributed by atoms with Crippen LogP contribution < -0.4 is 0 Å². The molecule has 0 fully saturated rings. The fourth-order valence-corrected chi connectivity index (χ4v) is 1.63. The second-order valence-electron chi connectivity index (χ2n) is 4.63. The van der Waals surface area contributed by atoms with E-state index in [0.717, 1.165) is 19.4 Å². The van der Waals surface area contributed by atoms with Crippen molar-refractivity contribution in [2.75, 3.05) is 26.4 Å². The summed E-state index contributed by atoms with van der Waals surface area (Å²) in [5, 5.41) is 0. The summed E-state index contributed by atoms with van der Waals surface area (Å²) in [5.74, 6) is 3.22. The van der Waals surface area contributed by atoms with E-state index in [2.05, 4.69) is 37.7 Å². The van der Waals surface area contributed by atoms with Gasteiger partial charge in [-0.15, -0.1) is 18.0 Å². The van der Waals surface area contributed by atoms with Crippen LogP contribution in [0.5, 0.6) is 0 Å². The van der Waals surface area contributed by atoms with E-state index in [1.807, 2.05) is 0 Å². The average Bonchev–Trinajstić information content (AvgIpc) is 2.19. The first-order valence-corrected chi connectivity index (χ1v) is 9.32. The molecule has 0 saturated carbocycles. The molecule has 2 nitrogen and oxygen atoms in total. The van der Waals surface area contributed by atoms with E-state index in [-0.39, 0.29) is 0 Å². The number of rotatable bonds is 8. The molecule has 0 radical (unpaired) electrons. The molecule has 0 unspecified atom stereocenters. The quantitative estimate of drug-likeness (QED) is 0.281. The lowest BCUT2D eigenvalue weighted by molar-refractivity contribution is 0.0579. The van der Waals surface area contributed by atoms with Gasteiger partial charge in [-0.25, -0.2) is 0 Å². The van der Waals surface area contributed by atoms with Crippen LogP contribution >= 0.6 is 0 Å². The van der Waals surface area contributed by atoms with E-state index in [9.17, 15) is 0 Å². The highest BCUT2D eigenvalue weighted by Gasteiger charge is 2.06. The van der Waals surface area contributed by atoms with Crippen molar-refractivity contribution in [2.45, 2.75) is 32.5 Å². The molecule has 16 heavy (non-hydrogen) atoms. The van der Waals surface area contributed by atoms with Gasteiger partial charge in [-0.1, -0.05) is 25.7 Å². The first-order valence-electron chi connectivity index (χ1n) is 5.82. The van der Waals surface area contributed by atoms with Crippen molar-refractivity contribution < 1.29 is 9.47 Å². The summed E-state index contributed by atoms with van der Waals surface area (Å²) in [6, 6.07) is 0. The Morgan fingerprint density at radius 3 is 2.44 bits per heavy atom. The summed E-state index contributed by atoms with van der Waals surface area (Å²) in [6.45, 7) is 13.0. The van der Waals surface area contributed by atoms with Crippen LogP contribution in [0.2, 0.25) is 19.6 Å². The van der Waals surface area contributed by atoms with Crippen LogP contribution in [0.1, 0.15) is 12.8 Å². The van der Waals surface area contributed by atoms with Crippen LogP contribution in [0.3, 0.4) is 0 Å². The fraction of sp³-hybridized carbons (Fsp3) is 0.692. The highest BCUT2D eigenvalue weighted by atomic mass is 28.3. The van der Waals surface area contributed by atoms with Gasteiger partial charge in [0.05, 0.1) is 19.8 Å². The average molecular weight is 240 g/mol. The Kier molecular flexibility index (Phi) is 9.31. The summed E-state index contributed by atoms with van der Waals surface area (Å²) in [7, 11) is -1.18. The van der Waals surface area contributed by atoms with Gasteiger partial charge in [-0.3, -0.25) is 0 Å². The number of unbranched alkanes of at least 4 members (excludes halogenated alkanes) is 1. The molecule has 0 saturated heterocycles. The molecular weight excluding hydrogens is 216 g/mol. The van der Waals surface area contributed by atoms with Gasteiger partial charge in [-0.05, 0) is 6.42 Å². The van der Waals surface area contributed by atoms with Gasteiger partial charge in [0, 0.05) is 13.0 Å². The molecule has 0 atom stereocenters. The van der Waals surface area contributed by atoms with E-state index in [1.54, 1.807) is 6.08 Å². The second kappa shape index (κ2) is 9.65. The van der Waals surface area contributed by atoms with Crippen molar-refractivity contribution in [3.8, 4) is 11.5 Å². The molecule has 0 heterocycles. The van der Waals surface area contributed by atoms with Gasteiger partial charge in [0.1, 0.15) is 8.07 Å². The van der Waals surface area contributed by atoms with Gasteiger partial charge in [-0.2, -0.15) is 0 Å². The maximum absolute atomic E-state index is 5.40. The molecule has 0 N–H and O–H groups in total. The molecular formula is C13H24O2Si. The Hall–Kier alpha value is -0.563. The van der Waals surface area contributed by atoms with Crippen LogP contribution in [0, 0.1) is 11.5 Å². The monoisotopic (exact) mass is 240 g/mol. The van der Waals surface area contributed by atoms with E-state index in [0.29, 0.717) is 19.8 Å². The molecule has 0 aliphatic heterocycles. The maximum Gasteiger partial charge on any atom is 0.129 e. The van der Waals surface area contributed by atoms with Gasteiger partial charge < -0.3 is 9.47 Å². The maximum atomic E-state index is 5.40. The van der Waals surface area contributed by atoms with Crippen LogP contribution in [-0.4, -0.2) is 34.5 Å². The minimum absolute atomic E-state index is 0.602. The Labute approximate surface area is 101 Å². The van der Waals surface area contributed by atoms with Gasteiger partial charge in [0.25, 0.3) is 0 Å². The van der Waals surface area contributed by atoms with E-state index < -0.39 is 8.07 Å². The third-order valence-electron chi connectivity index (χ3n) is 1.66. The first-order chi connectivity index (χ1) is 7.56. The summed E-state index contributed by atoms with van der Waals surface area (Å²) >= 11 is 0. The van der Waals surface area contributed by atoms with Gasteiger partial charge >= 0.3 is 0 Å². The minimum Gasteiger partial charge on any atom is -0.379 e. The lowest BCUT2D eigenvalue weighted by Crippen LogP contribution is -2.16. The van der Waals surface area contributed by atoms with Crippen LogP contribution in [-0.2, 0) is 9.47 Å². The van der Waals surface area contributed by atoms with Crippen molar-refractivity contribution in [3.05, 3.63) is 12.7 Å². The largest absolute Gasteiger partial charge is 0.379 e. The summed E-state index contributed by atoms with van der Waals surface area (Å²) in [6.07, 6.45) is 3.70. The SMILES string of the molecule is C=CCOCCOCCCC#C[Si](C)(C)C. The Balaban J connectivity index is 3.21. The predicted molar refractivity (Wildman–Crippen MR) is 72.2 cm³/mol. The highest BCUT2D eigenvalue weighted by Crippen LogP contribution is 1.97. The molecule has 0 amide bonds. The summed E-state index contributed by atoms with van der Waals surface area (Å²) in [4.78, 5) is 0. The second-order valence-corrected chi connectivity index (χ2v) is 9.38. The zero-order valence-electron chi connectivity index (χ0n) is 10.8. The van der Waals surface area contributed by atoms with Crippen molar-refractivity contribution in [1.29, 1.82) is 0 Å². The van der Waals surface area contributed by atoms with Gasteiger partial charge in [0.15, 0.2) is 0 Å². The van der Waals surface area contributed by atoms with Crippen molar-refractivity contribution >= 4 is 8.07 Å². The van der Waals surface area contributed by atoms with Gasteiger partial charge in [0.2, 0.25) is 0 Å². The van der Waals surface area contributed by atoms with Crippen molar-refractivity contribution in [3.63, 3.8) is 0 Å². The standard InChI is InChI=1S/C13H24O2Si/c1-5-9-14-11-12-15-10-7-6-8-13-16(2,3)4/h5H,1,6-7,9-12H2,2-4H3. The molecule has 0 bridgehead atoms. The summed E-state index contributed by atoms with van der Waals surface area (Å²) in [5.41, 5.74) is 3.34. The number of hydrogen-bond acceptors (Lipinski definition) is 2. The molecule has 0 spiro atoms. The van der Waals surface area contributed by atoms with Crippen LogP contribution in [0.15, 0.2) is 12.7 Å². The zero-order valence-corrected chi connectivity index (χ0v) is 11.8. The molecule has 3 heteroatoms. The third-order valence-corrected chi connectivity index (χ3v) is 2.59. The normalized spacial score (nSPS) is 10.7. The molecule has 0 aliphatic rings. The molecule has 0 aromatic carbocycles. The highest BCUT2D eigenvalue weighted by molar-refractivity contribution is 6.83. The van der Waals surface area contributed by atoms with Crippen LogP contribution in [0.4, 0.5) is 0 Å². The van der Waals surface area contributed by atoms with E-state index >= 15 is 0 Å². The van der Waals surface area contributed by atoms with Crippen molar-refractivity contribution in [2.24, 2.45) is 0 Å². The molecule has 0 aromatic heterocycles. The number of hydrogen-bond donors (Lipinski definition) is 0. The fourth-order valence-electron chi connectivity index (χ4n) is 0.977.